The summed E-state index contributed by atoms with van der Waals surface area (Å²) in [7, 11) is 0. The first-order chi connectivity index (χ1) is 41.3. The van der Waals surface area contributed by atoms with E-state index in [4.69, 9.17) is 9.47 Å². The standard InChI is InChI=1S/C75H145NO8/c1-3-5-7-9-11-13-15-17-19-21-23-25-27-28-29-30-31-32-33-34-35-36-37-38-39-40-41-42-43-45-47-49-51-53-55-57-59-61-63-65-71(79)76-68(67-83-75-74(82)73(81)72(80)70(66-77)84-75)69(78)64-62-60-58-56-54-52-50-48-46-44-26-24-22-20-18-16-14-12-10-8-6-4-2/h21,23,62,64,68-70,72-75,77-78,80-82H,3-20,22,24-61,63,65-67H2,1-2H3,(H,76,79)/b23-21-,64-62+. The van der Waals surface area contributed by atoms with E-state index in [1.165, 1.54) is 334 Å². The fourth-order valence-corrected chi connectivity index (χ4v) is 12.4. The van der Waals surface area contributed by atoms with Crippen molar-refractivity contribution in [1.29, 1.82) is 0 Å². The molecule has 9 heteroatoms. The first-order valence-electron chi connectivity index (χ1n) is 37.6. The lowest BCUT2D eigenvalue weighted by molar-refractivity contribution is -0.302. The molecule has 6 N–H and O–H groups in total. The third-order valence-electron chi connectivity index (χ3n) is 18.3. The van der Waals surface area contributed by atoms with Crippen LogP contribution < -0.4 is 5.32 Å². The van der Waals surface area contributed by atoms with Gasteiger partial charge in [0.25, 0.3) is 0 Å². The Morgan fingerprint density at radius 3 is 0.964 bits per heavy atom. The van der Waals surface area contributed by atoms with E-state index in [0.717, 1.165) is 38.5 Å². The first kappa shape index (κ1) is 80.7. The van der Waals surface area contributed by atoms with Gasteiger partial charge in [-0.25, -0.2) is 0 Å². The Balaban J connectivity index is 2.04. The average molecular weight is 1190 g/mol. The second-order valence-corrected chi connectivity index (χ2v) is 26.4. The van der Waals surface area contributed by atoms with Crippen molar-refractivity contribution in [3.05, 3.63) is 24.3 Å². The van der Waals surface area contributed by atoms with Crippen molar-refractivity contribution >= 4 is 5.91 Å². The molecule has 0 bridgehead atoms. The number of amides is 1. The fraction of sp³-hybridized carbons (Fsp3) is 0.933. The Morgan fingerprint density at radius 1 is 0.393 bits per heavy atom. The molecule has 0 aromatic heterocycles. The minimum absolute atomic E-state index is 0.167. The predicted molar refractivity (Wildman–Crippen MR) is 360 cm³/mol. The molecule has 1 saturated heterocycles. The number of aliphatic hydroxyl groups is 5. The van der Waals surface area contributed by atoms with Crippen LogP contribution in [0.4, 0.5) is 0 Å². The number of hydrogen-bond acceptors (Lipinski definition) is 8. The van der Waals surface area contributed by atoms with Crippen LogP contribution in [0, 0.1) is 0 Å². The van der Waals surface area contributed by atoms with Crippen LogP contribution in [-0.2, 0) is 14.3 Å². The third kappa shape index (κ3) is 52.6. The summed E-state index contributed by atoms with van der Waals surface area (Å²) < 4.78 is 11.3. The van der Waals surface area contributed by atoms with Crippen LogP contribution in [0.1, 0.15) is 393 Å². The van der Waals surface area contributed by atoms with Gasteiger partial charge in [-0.15, -0.1) is 0 Å². The third-order valence-corrected chi connectivity index (χ3v) is 18.3. The molecule has 0 radical (unpaired) electrons. The summed E-state index contributed by atoms with van der Waals surface area (Å²) in [4.78, 5) is 13.1. The van der Waals surface area contributed by atoms with Gasteiger partial charge in [0, 0.05) is 6.42 Å². The zero-order valence-electron chi connectivity index (χ0n) is 55.9. The summed E-state index contributed by atoms with van der Waals surface area (Å²) in [6.45, 7) is 3.84. The highest BCUT2D eigenvalue weighted by Crippen LogP contribution is 2.24. The van der Waals surface area contributed by atoms with E-state index in [0.29, 0.717) is 6.42 Å². The monoisotopic (exact) mass is 1190 g/mol. The van der Waals surface area contributed by atoms with Gasteiger partial charge in [-0.3, -0.25) is 4.79 Å². The van der Waals surface area contributed by atoms with Crippen LogP contribution in [0.2, 0.25) is 0 Å². The summed E-state index contributed by atoms with van der Waals surface area (Å²) in [5.41, 5.74) is 0. The summed E-state index contributed by atoms with van der Waals surface area (Å²) >= 11 is 0. The van der Waals surface area contributed by atoms with Crippen LogP contribution in [0.25, 0.3) is 0 Å². The zero-order chi connectivity index (χ0) is 60.7. The molecule has 1 fully saturated rings. The first-order valence-corrected chi connectivity index (χ1v) is 37.6. The smallest absolute Gasteiger partial charge is 0.220 e. The van der Waals surface area contributed by atoms with Crippen LogP contribution >= 0.6 is 0 Å². The van der Waals surface area contributed by atoms with Crippen molar-refractivity contribution in [2.45, 2.75) is 436 Å². The molecular weight excluding hydrogens is 1040 g/mol. The SMILES string of the molecule is CCCCCCCCCC/C=C\CCCCCCCCCCCCCCCCCCCCCCCCCCCCCC(=O)NC(COC1OC(CO)C(O)C(O)C1O)C(O)/C=C/CCCCCCCCCCCCCCCCCCCCCC. The molecule has 0 aliphatic carbocycles. The predicted octanol–water partition coefficient (Wildman–Crippen LogP) is 20.8. The lowest BCUT2D eigenvalue weighted by Gasteiger charge is -2.40. The molecule has 1 aliphatic rings. The number of allylic oxidation sites excluding steroid dienone is 3. The van der Waals surface area contributed by atoms with Gasteiger partial charge in [0.05, 0.1) is 25.4 Å². The number of carbonyl (C=O) groups is 1. The Labute approximate surface area is 521 Å². The van der Waals surface area contributed by atoms with Gasteiger partial charge < -0.3 is 40.3 Å². The molecule has 84 heavy (non-hydrogen) atoms. The lowest BCUT2D eigenvalue weighted by atomic mass is 9.99. The van der Waals surface area contributed by atoms with E-state index in [-0.39, 0.29) is 12.5 Å². The number of carbonyl (C=O) groups excluding carboxylic acids is 1. The average Bonchev–Trinajstić information content (AvgIpc) is 3.70. The summed E-state index contributed by atoms with van der Waals surface area (Å²) in [6.07, 6.45) is 78.9. The molecule has 9 nitrogen and oxygen atoms in total. The molecular formula is C75H145NO8. The Hall–Kier alpha value is -1.33. The summed E-state index contributed by atoms with van der Waals surface area (Å²) in [6, 6.07) is -0.803. The summed E-state index contributed by atoms with van der Waals surface area (Å²) in [5.74, 6) is -0.167. The number of hydrogen-bond donors (Lipinski definition) is 6. The minimum Gasteiger partial charge on any atom is -0.394 e. The maximum Gasteiger partial charge on any atom is 0.220 e. The number of unbranched alkanes of at least 4 members (excludes halogenated alkanes) is 55. The van der Waals surface area contributed by atoms with E-state index < -0.39 is 49.5 Å². The highest BCUT2D eigenvalue weighted by molar-refractivity contribution is 5.76. The van der Waals surface area contributed by atoms with Crippen molar-refractivity contribution in [3.8, 4) is 0 Å². The van der Waals surface area contributed by atoms with Gasteiger partial charge in [-0.1, -0.05) is 366 Å². The number of nitrogens with one attached hydrogen (secondary N) is 1. The van der Waals surface area contributed by atoms with E-state index in [2.05, 4.69) is 31.3 Å². The number of aliphatic hydroxyl groups excluding tert-OH is 5. The molecule has 1 rings (SSSR count). The summed E-state index contributed by atoms with van der Waals surface area (Å²) in [5, 5.41) is 54.8. The quantitative estimate of drug-likeness (QED) is 0.0261. The van der Waals surface area contributed by atoms with Crippen LogP contribution in [0.3, 0.4) is 0 Å². The van der Waals surface area contributed by atoms with E-state index >= 15 is 0 Å². The van der Waals surface area contributed by atoms with Crippen LogP contribution in [0.15, 0.2) is 24.3 Å². The molecule has 1 aliphatic heterocycles. The van der Waals surface area contributed by atoms with Gasteiger partial charge >= 0.3 is 0 Å². The molecule has 7 atom stereocenters. The van der Waals surface area contributed by atoms with E-state index in [1.54, 1.807) is 6.08 Å². The largest absolute Gasteiger partial charge is 0.394 e. The highest BCUT2D eigenvalue weighted by Gasteiger charge is 2.44. The number of rotatable bonds is 67. The molecule has 1 amide bonds. The molecule has 0 saturated carbocycles. The van der Waals surface area contributed by atoms with Gasteiger partial charge in [0.1, 0.15) is 24.4 Å². The molecule has 0 aromatic rings. The second kappa shape index (κ2) is 64.6. The highest BCUT2D eigenvalue weighted by atomic mass is 16.7. The van der Waals surface area contributed by atoms with Crippen LogP contribution in [0.5, 0.6) is 0 Å². The number of ether oxygens (including phenoxy) is 2. The zero-order valence-corrected chi connectivity index (χ0v) is 55.9. The fourth-order valence-electron chi connectivity index (χ4n) is 12.4. The van der Waals surface area contributed by atoms with Gasteiger partial charge in [0.2, 0.25) is 5.91 Å². The second-order valence-electron chi connectivity index (χ2n) is 26.4. The molecule has 498 valence electrons. The molecule has 1 heterocycles. The van der Waals surface area contributed by atoms with Gasteiger partial charge in [-0.2, -0.15) is 0 Å². The minimum atomic E-state index is -1.57. The Kier molecular flexibility index (Phi) is 62.1. The maximum absolute atomic E-state index is 13.1. The van der Waals surface area contributed by atoms with Crippen molar-refractivity contribution in [2.75, 3.05) is 13.2 Å². The van der Waals surface area contributed by atoms with Crippen molar-refractivity contribution in [1.82, 2.24) is 5.32 Å². The van der Waals surface area contributed by atoms with Gasteiger partial charge in [-0.05, 0) is 44.9 Å². The van der Waals surface area contributed by atoms with E-state index in [1.807, 2.05) is 6.08 Å². The normalized spacial score (nSPS) is 18.2. The molecule has 0 spiro atoms. The van der Waals surface area contributed by atoms with Crippen molar-refractivity contribution < 1.29 is 39.8 Å². The van der Waals surface area contributed by atoms with Crippen molar-refractivity contribution in [2.24, 2.45) is 0 Å². The lowest BCUT2D eigenvalue weighted by Crippen LogP contribution is -2.60. The van der Waals surface area contributed by atoms with Crippen molar-refractivity contribution in [3.63, 3.8) is 0 Å². The maximum atomic E-state index is 13.1. The Bertz CT molecular complexity index is 1380. The molecule has 7 unspecified atom stereocenters. The van der Waals surface area contributed by atoms with E-state index in [9.17, 15) is 30.3 Å². The van der Waals surface area contributed by atoms with Gasteiger partial charge in [0.15, 0.2) is 6.29 Å². The van der Waals surface area contributed by atoms with Crippen LogP contribution in [-0.4, -0.2) is 87.5 Å². The Morgan fingerprint density at radius 2 is 0.667 bits per heavy atom. The topological polar surface area (TPSA) is 149 Å². The molecule has 0 aromatic carbocycles.